The van der Waals surface area contributed by atoms with Crippen molar-refractivity contribution in [2.75, 3.05) is 13.3 Å². The van der Waals surface area contributed by atoms with Crippen molar-refractivity contribution in [1.82, 2.24) is 10.2 Å². The Morgan fingerprint density at radius 2 is 1.96 bits per heavy atom. The van der Waals surface area contributed by atoms with Gasteiger partial charge in [-0.2, -0.15) is 0 Å². The van der Waals surface area contributed by atoms with E-state index in [0.717, 1.165) is 35.6 Å². The molecule has 4 rings (SSSR count). The molecule has 1 saturated heterocycles. The predicted molar refractivity (Wildman–Crippen MR) is 89.7 cm³/mol. The van der Waals surface area contributed by atoms with Gasteiger partial charge in [-0.3, -0.25) is 4.79 Å². The Hall–Kier alpha value is -2.53. The van der Waals surface area contributed by atoms with Crippen LogP contribution in [0, 0.1) is 0 Å². The van der Waals surface area contributed by atoms with Gasteiger partial charge in [0.15, 0.2) is 11.5 Å². The second-order valence-electron chi connectivity index (χ2n) is 6.12. The Labute approximate surface area is 141 Å². The maximum Gasteiger partial charge on any atom is 0.240 e. The fourth-order valence-electron chi connectivity index (χ4n) is 3.25. The highest BCUT2D eigenvalue weighted by atomic mass is 16.7. The molecule has 1 atom stereocenters. The lowest BCUT2D eigenvalue weighted by Gasteiger charge is -2.17. The SMILES string of the molecule is O=C1[C@@H](NCc2cccc3c2OCO3)CCN1Cc1ccccc1. The van der Waals surface area contributed by atoms with Gasteiger partial charge in [-0.15, -0.1) is 0 Å². The molecule has 0 saturated carbocycles. The minimum absolute atomic E-state index is 0.133. The maximum atomic E-state index is 12.6. The third kappa shape index (κ3) is 2.95. The van der Waals surface area contributed by atoms with Gasteiger partial charge in [0, 0.05) is 25.2 Å². The standard InChI is InChI=1S/C19H20N2O3/c22-19-16(9-10-21(19)12-14-5-2-1-3-6-14)20-11-15-7-4-8-17-18(15)24-13-23-17/h1-8,16,20H,9-13H2/t16-/m0/s1. The molecule has 1 fully saturated rings. The van der Waals surface area contributed by atoms with E-state index in [1.54, 1.807) is 0 Å². The van der Waals surface area contributed by atoms with Crippen LogP contribution in [0.25, 0.3) is 0 Å². The molecule has 0 unspecified atom stereocenters. The summed E-state index contributed by atoms with van der Waals surface area (Å²) in [5, 5.41) is 3.37. The summed E-state index contributed by atoms with van der Waals surface area (Å²) in [4.78, 5) is 14.5. The first-order valence-corrected chi connectivity index (χ1v) is 8.25. The van der Waals surface area contributed by atoms with Crippen LogP contribution < -0.4 is 14.8 Å². The van der Waals surface area contributed by atoms with Gasteiger partial charge in [-0.1, -0.05) is 42.5 Å². The average Bonchev–Trinajstić information content (AvgIpc) is 3.22. The van der Waals surface area contributed by atoms with E-state index in [1.165, 1.54) is 0 Å². The molecular formula is C19H20N2O3. The first-order valence-electron chi connectivity index (χ1n) is 8.25. The molecule has 0 radical (unpaired) electrons. The van der Waals surface area contributed by atoms with Gasteiger partial charge in [-0.25, -0.2) is 0 Å². The first-order chi connectivity index (χ1) is 11.8. The number of hydrogen-bond donors (Lipinski definition) is 1. The van der Waals surface area contributed by atoms with E-state index < -0.39 is 0 Å². The van der Waals surface area contributed by atoms with Crippen LogP contribution in [0.15, 0.2) is 48.5 Å². The second kappa shape index (κ2) is 6.53. The number of para-hydroxylation sites is 1. The quantitative estimate of drug-likeness (QED) is 0.917. The molecule has 124 valence electrons. The van der Waals surface area contributed by atoms with Gasteiger partial charge in [0.05, 0.1) is 6.04 Å². The molecule has 1 N–H and O–H groups in total. The lowest BCUT2D eigenvalue weighted by molar-refractivity contribution is -0.129. The van der Waals surface area contributed by atoms with E-state index in [2.05, 4.69) is 17.4 Å². The van der Waals surface area contributed by atoms with Crippen LogP contribution in [-0.4, -0.2) is 30.2 Å². The molecule has 1 amide bonds. The van der Waals surface area contributed by atoms with Gasteiger partial charge < -0.3 is 19.7 Å². The summed E-state index contributed by atoms with van der Waals surface area (Å²) in [5.74, 6) is 1.73. The molecule has 2 aromatic carbocycles. The zero-order valence-corrected chi connectivity index (χ0v) is 13.4. The summed E-state index contributed by atoms with van der Waals surface area (Å²) in [6, 6.07) is 15.8. The van der Waals surface area contributed by atoms with Crippen LogP contribution in [0.4, 0.5) is 0 Å². The third-order valence-electron chi connectivity index (χ3n) is 4.53. The summed E-state index contributed by atoms with van der Waals surface area (Å²) >= 11 is 0. The molecule has 2 aliphatic heterocycles. The van der Waals surface area contributed by atoms with Gasteiger partial charge in [0.25, 0.3) is 0 Å². The zero-order valence-electron chi connectivity index (χ0n) is 13.4. The van der Waals surface area contributed by atoms with Crippen molar-refractivity contribution in [1.29, 1.82) is 0 Å². The third-order valence-corrected chi connectivity index (χ3v) is 4.53. The van der Waals surface area contributed by atoms with E-state index in [9.17, 15) is 4.79 Å². The normalized spacial score (nSPS) is 19.1. The zero-order chi connectivity index (χ0) is 16.4. The fraction of sp³-hybridized carbons (Fsp3) is 0.316. The van der Waals surface area contributed by atoms with Crippen molar-refractivity contribution < 1.29 is 14.3 Å². The number of amides is 1. The van der Waals surface area contributed by atoms with E-state index in [-0.39, 0.29) is 18.7 Å². The van der Waals surface area contributed by atoms with Gasteiger partial charge >= 0.3 is 0 Å². The van der Waals surface area contributed by atoms with Crippen LogP contribution in [0.5, 0.6) is 11.5 Å². The molecule has 0 spiro atoms. The molecule has 2 aromatic rings. The fourth-order valence-corrected chi connectivity index (χ4v) is 3.25. The highest BCUT2D eigenvalue weighted by molar-refractivity contribution is 5.84. The number of benzene rings is 2. The van der Waals surface area contributed by atoms with Crippen molar-refractivity contribution in [2.24, 2.45) is 0 Å². The molecule has 2 heterocycles. The van der Waals surface area contributed by atoms with Crippen molar-refractivity contribution in [3.8, 4) is 11.5 Å². The number of nitrogens with zero attached hydrogens (tertiary/aromatic N) is 1. The van der Waals surface area contributed by atoms with Crippen LogP contribution >= 0.6 is 0 Å². The summed E-state index contributed by atoms with van der Waals surface area (Å²) in [5.41, 5.74) is 2.19. The highest BCUT2D eigenvalue weighted by Gasteiger charge is 2.31. The average molecular weight is 324 g/mol. The van der Waals surface area contributed by atoms with E-state index in [4.69, 9.17) is 9.47 Å². The van der Waals surface area contributed by atoms with Crippen LogP contribution in [0.1, 0.15) is 17.5 Å². The molecule has 0 bridgehead atoms. The lowest BCUT2D eigenvalue weighted by Crippen LogP contribution is -2.37. The summed E-state index contributed by atoms with van der Waals surface area (Å²) in [7, 11) is 0. The van der Waals surface area contributed by atoms with E-state index in [0.29, 0.717) is 13.1 Å². The molecular weight excluding hydrogens is 304 g/mol. The van der Waals surface area contributed by atoms with Gasteiger partial charge in [0.2, 0.25) is 12.7 Å². The monoisotopic (exact) mass is 324 g/mol. The Kier molecular flexibility index (Phi) is 4.09. The van der Waals surface area contributed by atoms with Crippen LogP contribution in [-0.2, 0) is 17.9 Å². The number of carbonyl (C=O) groups is 1. The van der Waals surface area contributed by atoms with Crippen molar-refractivity contribution in [2.45, 2.75) is 25.6 Å². The number of carbonyl (C=O) groups excluding carboxylic acids is 1. The van der Waals surface area contributed by atoms with Crippen molar-refractivity contribution >= 4 is 5.91 Å². The molecule has 2 aliphatic rings. The Bertz CT molecular complexity index is 733. The Morgan fingerprint density at radius 1 is 1.08 bits per heavy atom. The smallest absolute Gasteiger partial charge is 0.240 e. The minimum atomic E-state index is -0.133. The highest BCUT2D eigenvalue weighted by Crippen LogP contribution is 2.35. The van der Waals surface area contributed by atoms with Crippen LogP contribution in [0.2, 0.25) is 0 Å². The predicted octanol–water partition coefficient (Wildman–Crippen LogP) is 2.31. The first kappa shape index (κ1) is 15.0. The topological polar surface area (TPSA) is 50.8 Å². The number of hydrogen-bond acceptors (Lipinski definition) is 4. The lowest BCUT2D eigenvalue weighted by atomic mass is 10.1. The molecule has 0 aliphatic carbocycles. The number of rotatable bonds is 5. The molecule has 5 heteroatoms. The number of nitrogens with one attached hydrogen (secondary N) is 1. The number of likely N-dealkylation sites (tertiary alicyclic amines) is 1. The Balaban J connectivity index is 1.37. The van der Waals surface area contributed by atoms with Crippen molar-refractivity contribution in [3.05, 3.63) is 59.7 Å². The Morgan fingerprint density at radius 3 is 2.83 bits per heavy atom. The molecule has 24 heavy (non-hydrogen) atoms. The summed E-state index contributed by atoms with van der Waals surface area (Å²) in [6.45, 7) is 2.33. The largest absolute Gasteiger partial charge is 0.454 e. The van der Waals surface area contributed by atoms with E-state index >= 15 is 0 Å². The second-order valence-corrected chi connectivity index (χ2v) is 6.12. The van der Waals surface area contributed by atoms with E-state index in [1.807, 2.05) is 41.3 Å². The van der Waals surface area contributed by atoms with Crippen LogP contribution in [0.3, 0.4) is 0 Å². The molecule has 5 nitrogen and oxygen atoms in total. The summed E-state index contributed by atoms with van der Waals surface area (Å²) < 4.78 is 10.9. The summed E-state index contributed by atoms with van der Waals surface area (Å²) in [6.07, 6.45) is 0.831. The maximum absolute atomic E-state index is 12.6. The van der Waals surface area contributed by atoms with Crippen molar-refractivity contribution in [3.63, 3.8) is 0 Å². The number of fused-ring (bicyclic) bond motifs is 1. The van der Waals surface area contributed by atoms with Gasteiger partial charge in [-0.05, 0) is 18.1 Å². The number of ether oxygens (including phenoxy) is 2. The minimum Gasteiger partial charge on any atom is -0.454 e. The van der Waals surface area contributed by atoms with Gasteiger partial charge in [0.1, 0.15) is 0 Å². The molecule has 0 aromatic heterocycles.